The second-order valence-corrected chi connectivity index (χ2v) is 0.887. The molecule has 4 heavy (non-hydrogen) atoms. The average Bonchev–Trinajstić information content (AvgIpc) is 1.37. The van der Waals surface area contributed by atoms with Crippen molar-refractivity contribution in [2.24, 2.45) is 0 Å². The fraction of sp³-hybridized carbons (Fsp3) is 0. The Bertz CT molecular complexity index is 8.00. The highest BCUT2D eigenvalue weighted by atomic mass is 31.1. The maximum atomic E-state index is 7.64. The smallest absolute Gasteiger partial charge is 0.0532 e. The van der Waals surface area contributed by atoms with Gasteiger partial charge in [-0.2, -0.15) is 7.20 Å². The van der Waals surface area contributed by atoms with Gasteiger partial charge in [0.05, 0.1) is 7.57 Å². The van der Waals surface area contributed by atoms with E-state index in [9.17, 15) is 0 Å². The van der Waals surface area contributed by atoms with Gasteiger partial charge in [-0.15, -0.1) is 0 Å². The van der Waals surface area contributed by atoms with Gasteiger partial charge < -0.3 is 13.4 Å². The van der Waals surface area contributed by atoms with E-state index in [-0.39, 0.29) is 8.34 Å². The Morgan fingerprint density at radius 3 is 2.25 bits per heavy atom. The predicted octanol–water partition coefficient (Wildman–Crippen LogP) is -0.725. The molecule has 0 saturated heterocycles. The first-order valence-electron chi connectivity index (χ1n) is 0.836. The molecule has 0 aliphatic carbocycles. The van der Waals surface area contributed by atoms with Crippen LogP contribution in [-0.2, 0) is 0 Å². The number of hydrogen-bond donors (Lipinski definition) is 1. The summed E-state index contributed by atoms with van der Waals surface area (Å²) in [7, 11) is 5.75. The van der Waals surface area contributed by atoms with Gasteiger partial charge in [0.1, 0.15) is 0 Å². The molecular weight excluding hydrogens is 68.6 g/mol. The molecule has 0 aliphatic heterocycles. The van der Waals surface area contributed by atoms with Crippen LogP contribution in [0.4, 0.5) is 0 Å². The van der Waals surface area contributed by atoms with Crippen molar-refractivity contribution in [1.29, 1.82) is 0 Å². The minimum Gasteiger partial charge on any atom is -0.669 e. The summed E-state index contributed by atoms with van der Waals surface area (Å²) < 4.78 is 0. The van der Waals surface area contributed by atoms with Crippen LogP contribution < -0.4 is 0 Å². The fourth-order valence-electron chi connectivity index (χ4n) is 0. The van der Waals surface area contributed by atoms with Gasteiger partial charge in [0, 0.05) is 0 Å². The van der Waals surface area contributed by atoms with Crippen LogP contribution >= 0.6 is 8.34 Å². The molecular formula is H2B2OP-. The molecule has 1 atom stereocenters. The molecule has 0 aliphatic rings. The van der Waals surface area contributed by atoms with Crippen LogP contribution in [0.15, 0.2) is 0 Å². The minimum absolute atomic E-state index is 0.0710. The molecule has 1 N–H and O–H groups in total. The van der Waals surface area contributed by atoms with Gasteiger partial charge in [0.25, 0.3) is 0 Å². The van der Waals surface area contributed by atoms with Gasteiger partial charge in [-0.05, 0) is 0 Å². The third kappa shape index (κ3) is 2.52. The van der Waals surface area contributed by atoms with E-state index in [1.54, 1.807) is 0 Å². The van der Waals surface area contributed by atoms with Gasteiger partial charge in [-0.3, -0.25) is 0 Å². The molecule has 4 heteroatoms. The Balaban J connectivity index is 1.97. The van der Waals surface area contributed by atoms with Crippen LogP contribution in [0.2, 0.25) is 0 Å². The van der Waals surface area contributed by atoms with Crippen LogP contribution in [0.3, 0.4) is 0 Å². The summed E-state index contributed by atoms with van der Waals surface area (Å²) in [6.07, 6.45) is 0. The van der Waals surface area contributed by atoms with Crippen LogP contribution in [0.1, 0.15) is 0 Å². The summed E-state index contributed by atoms with van der Waals surface area (Å²) in [6.45, 7) is 0. The zero-order valence-electron chi connectivity index (χ0n) is 2.10. The third-order valence-corrected chi connectivity index (χ3v) is 0.224. The van der Waals surface area contributed by atoms with Gasteiger partial charge in [-0.1, -0.05) is 0 Å². The maximum absolute atomic E-state index is 7.64. The number of rotatable bonds is 1. The molecule has 0 aromatic heterocycles. The normalized spacial score (nSPS) is 10.2. The Morgan fingerprint density at radius 1 is 2.00 bits per heavy atom. The Labute approximate surface area is 29.2 Å². The molecule has 4 radical (unpaired) electrons. The highest BCUT2D eigenvalue weighted by Crippen LogP contribution is 1.87. The van der Waals surface area contributed by atoms with Crippen molar-refractivity contribution in [3.63, 3.8) is 0 Å². The van der Waals surface area contributed by atoms with Crippen LogP contribution in [0.5, 0.6) is 0 Å². The summed E-state index contributed by atoms with van der Waals surface area (Å²) in [5.74, 6) is 0. The second-order valence-electron chi connectivity index (χ2n) is 0.296. The fourth-order valence-corrected chi connectivity index (χ4v) is 0. The molecule has 20 valence electrons. The van der Waals surface area contributed by atoms with Gasteiger partial charge >= 0.3 is 0 Å². The lowest BCUT2D eigenvalue weighted by atomic mass is 10.6. The quantitative estimate of drug-likeness (QED) is 0.319. The van der Waals surface area contributed by atoms with E-state index in [0.717, 1.165) is 7.20 Å². The topological polar surface area (TPSA) is 20.2 Å². The number of hydrogen-bond acceptors (Lipinski definition) is 1. The molecule has 0 fully saturated rings. The molecule has 0 bridgehead atoms. The van der Waals surface area contributed by atoms with Crippen molar-refractivity contribution < 1.29 is 5.02 Å². The van der Waals surface area contributed by atoms with Crippen LogP contribution in [0.25, 0.3) is 0 Å². The van der Waals surface area contributed by atoms with E-state index in [1.807, 2.05) is 0 Å². The predicted molar refractivity (Wildman–Crippen MR) is 22.0 cm³/mol. The highest BCUT2D eigenvalue weighted by molar-refractivity contribution is 7.89. The molecule has 0 spiro atoms. The minimum atomic E-state index is 0.0710. The van der Waals surface area contributed by atoms with Crippen molar-refractivity contribution in [2.45, 2.75) is 0 Å². The summed E-state index contributed by atoms with van der Waals surface area (Å²) in [5, 5.41) is 7.64. The molecule has 0 amide bonds. The first-order valence-corrected chi connectivity index (χ1v) is 1.99. The standard InChI is InChI=1S/B2H2OP/c1-4-2-3/h3-4H/q-1. The van der Waals surface area contributed by atoms with Crippen molar-refractivity contribution in [2.75, 3.05) is 0 Å². The molecule has 0 aromatic rings. The second kappa shape index (κ2) is 3.52. The monoisotopic (exact) mass is 71.0 g/mol. The van der Waals surface area contributed by atoms with Crippen molar-refractivity contribution in [3.8, 4) is 0 Å². The molecule has 0 saturated carbocycles. The first-order chi connectivity index (χ1) is 1.91. The zero-order valence-corrected chi connectivity index (χ0v) is 3.10. The van der Waals surface area contributed by atoms with Crippen molar-refractivity contribution in [3.05, 3.63) is 0 Å². The van der Waals surface area contributed by atoms with Gasteiger partial charge in [-0.25, -0.2) is 0 Å². The zero-order chi connectivity index (χ0) is 3.41. The van der Waals surface area contributed by atoms with Gasteiger partial charge in [0.2, 0.25) is 0 Å². The largest absolute Gasteiger partial charge is 0.669 e. The molecule has 0 heterocycles. The van der Waals surface area contributed by atoms with E-state index in [4.69, 9.17) is 12.6 Å². The van der Waals surface area contributed by atoms with E-state index < -0.39 is 0 Å². The lowest BCUT2D eigenvalue weighted by molar-refractivity contribution is 0.623. The Kier molecular flexibility index (Phi) is 3.98. The SMILES string of the molecule is [B]P[B-]O. The highest BCUT2D eigenvalue weighted by Gasteiger charge is 1.37. The van der Waals surface area contributed by atoms with E-state index in [1.165, 1.54) is 0 Å². The summed E-state index contributed by atoms with van der Waals surface area (Å²) in [5.41, 5.74) is 0. The van der Waals surface area contributed by atoms with Crippen molar-refractivity contribution in [1.82, 2.24) is 0 Å². The molecule has 0 aromatic carbocycles. The lowest BCUT2D eigenvalue weighted by Crippen LogP contribution is -1.67. The van der Waals surface area contributed by atoms with Gasteiger partial charge in [0.15, 0.2) is 0 Å². The van der Waals surface area contributed by atoms with Crippen molar-refractivity contribution >= 4 is 23.1 Å². The van der Waals surface area contributed by atoms with E-state index >= 15 is 0 Å². The molecule has 1 unspecified atom stereocenters. The average molecular weight is 70.6 g/mol. The molecule has 1 nitrogen and oxygen atoms in total. The molecule has 0 rings (SSSR count). The lowest BCUT2D eigenvalue weighted by Gasteiger charge is -1.92. The van der Waals surface area contributed by atoms with Crippen LogP contribution in [-0.4, -0.2) is 19.8 Å². The first kappa shape index (κ1) is 4.52. The third-order valence-electron chi connectivity index (χ3n) is 0.0745. The summed E-state index contributed by atoms with van der Waals surface area (Å²) >= 11 is 0. The summed E-state index contributed by atoms with van der Waals surface area (Å²) in [6, 6.07) is 0. The summed E-state index contributed by atoms with van der Waals surface area (Å²) in [4.78, 5) is 0. The Morgan fingerprint density at radius 2 is 2.25 bits per heavy atom. The maximum Gasteiger partial charge on any atom is 0.0532 e. The van der Waals surface area contributed by atoms with Crippen LogP contribution in [0, 0.1) is 0 Å². The Hall–Kier alpha value is 0.520. The van der Waals surface area contributed by atoms with E-state index in [0.29, 0.717) is 0 Å². The van der Waals surface area contributed by atoms with E-state index in [2.05, 4.69) is 0 Å².